The Labute approximate surface area is 106 Å². The summed E-state index contributed by atoms with van der Waals surface area (Å²) in [6.07, 6.45) is 2.91. The first kappa shape index (κ1) is 14.5. The van der Waals surface area contributed by atoms with Gasteiger partial charge in [-0.3, -0.25) is 4.79 Å². The molecule has 1 heterocycles. The van der Waals surface area contributed by atoms with Crippen LogP contribution >= 0.6 is 0 Å². The van der Waals surface area contributed by atoms with E-state index in [4.69, 9.17) is 0 Å². The van der Waals surface area contributed by atoms with E-state index in [1.807, 2.05) is 0 Å². The second-order valence-electron chi connectivity index (χ2n) is 5.96. The van der Waals surface area contributed by atoms with E-state index in [1.54, 1.807) is 0 Å². The van der Waals surface area contributed by atoms with Crippen LogP contribution in [0.25, 0.3) is 0 Å². The Morgan fingerprint density at radius 3 is 2.41 bits per heavy atom. The average molecular weight is 240 g/mol. The molecular weight excluding hydrogens is 212 g/mol. The van der Waals surface area contributed by atoms with Gasteiger partial charge in [-0.25, -0.2) is 0 Å². The molecule has 0 bridgehead atoms. The number of rotatable bonds is 5. The summed E-state index contributed by atoms with van der Waals surface area (Å²) in [6.45, 7) is 11.6. The van der Waals surface area contributed by atoms with Crippen molar-refractivity contribution in [1.82, 2.24) is 10.2 Å². The van der Waals surface area contributed by atoms with Crippen molar-refractivity contribution in [2.75, 3.05) is 19.6 Å². The minimum Gasteiger partial charge on any atom is -0.342 e. The number of nitrogens with zero attached hydrogens (tertiary/aromatic N) is 1. The van der Waals surface area contributed by atoms with Gasteiger partial charge in [0.15, 0.2) is 0 Å². The summed E-state index contributed by atoms with van der Waals surface area (Å²) in [5.41, 5.74) is 0. The van der Waals surface area contributed by atoms with E-state index >= 15 is 0 Å². The second kappa shape index (κ2) is 7.00. The smallest absolute Gasteiger partial charge is 0.222 e. The zero-order valence-electron chi connectivity index (χ0n) is 11.8. The van der Waals surface area contributed by atoms with Gasteiger partial charge in [0.2, 0.25) is 5.91 Å². The van der Waals surface area contributed by atoms with E-state index in [2.05, 4.69) is 37.9 Å². The van der Waals surface area contributed by atoms with E-state index in [9.17, 15) is 4.79 Å². The standard InChI is InChI=1S/C14H28N2O/c1-11(2)15-7-5-6-14(17)16-9-12(3)8-13(4)10-16/h11-13,15H,5-10H2,1-4H3. The predicted molar refractivity (Wildman–Crippen MR) is 71.9 cm³/mol. The molecule has 2 atom stereocenters. The van der Waals surface area contributed by atoms with Crippen LogP contribution in [0.2, 0.25) is 0 Å². The monoisotopic (exact) mass is 240 g/mol. The summed E-state index contributed by atoms with van der Waals surface area (Å²) < 4.78 is 0. The zero-order chi connectivity index (χ0) is 12.8. The molecule has 0 saturated carbocycles. The first-order valence-electron chi connectivity index (χ1n) is 7.00. The van der Waals surface area contributed by atoms with Gasteiger partial charge in [-0.1, -0.05) is 27.7 Å². The number of piperidine rings is 1. The van der Waals surface area contributed by atoms with Crippen molar-refractivity contribution in [3.8, 4) is 0 Å². The molecule has 0 spiro atoms. The van der Waals surface area contributed by atoms with Gasteiger partial charge < -0.3 is 10.2 Å². The number of carbonyl (C=O) groups excluding carboxylic acids is 1. The Hall–Kier alpha value is -0.570. The lowest BCUT2D eigenvalue weighted by Gasteiger charge is -2.35. The van der Waals surface area contributed by atoms with Crippen molar-refractivity contribution in [1.29, 1.82) is 0 Å². The molecule has 0 aliphatic carbocycles. The molecule has 2 unspecified atom stereocenters. The fourth-order valence-electron chi connectivity index (χ4n) is 2.66. The fraction of sp³-hybridized carbons (Fsp3) is 0.929. The molecule has 0 aromatic carbocycles. The predicted octanol–water partition coefficient (Wildman–Crippen LogP) is 2.27. The number of likely N-dealkylation sites (tertiary alicyclic amines) is 1. The summed E-state index contributed by atoms with van der Waals surface area (Å²) in [4.78, 5) is 14.1. The molecule has 1 rings (SSSR count). The van der Waals surface area contributed by atoms with Gasteiger partial charge in [-0.15, -0.1) is 0 Å². The zero-order valence-corrected chi connectivity index (χ0v) is 11.8. The number of amides is 1. The van der Waals surface area contributed by atoms with Crippen molar-refractivity contribution < 1.29 is 4.79 Å². The lowest BCUT2D eigenvalue weighted by Crippen LogP contribution is -2.42. The van der Waals surface area contributed by atoms with Gasteiger partial charge >= 0.3 is 0 Å². The Bertz CT molecular complexity index is 230. The van der Waals surface area contributed by atoms with Gasteiger partial charge in [0.1, 0.15) is 0 Å². The lowest BCUT2D eigenvalue weighted by atomic mass is 9.91. The van der Waals surface area contributed by atoms with Crippen molar-refractivity contribution in [3.05, 3.63) is 0 Å². The van der Waals surface area contributed by atoms with E-state index in [-0.39, 0.29) is 0 Å². The Kier molecular flexibility index (Phi) is 5.96. The van der Waals surface area contributed by atoms with Crippen molar-refractivity contribution in [2.24, 2.45) is 11.8 Å². The largest absolute Gasteiger partial charge is 0.342 e. The Balaban J connectivity index is 2.22. The van der Waals surface area contributed by atoms with Crippen LogP contribution in [0.4, 0.5) is 0 Å². The van der Waals surface area contributed by atoms with E-state index in [1.165, 1.54) is 6.42 Å². The number of nitrogens with one attached hydrogen (secondary N) is 1. The SMILES string of the molecule is CC1CC(C)CN(C(=O)CCCNC(C)C)C1. The maximum atomic E-state index is 12.0. The van der Waals surface area contributed by atoms with Crippen molar-refractivity contribution >= 4 is 5.91 Å². The highest BCUT2D eigenvalue weighted by atomic mass is 16.2. The minimum absolute atomic E-state index is 0.342. The first-order chi connectivity index (χ1) is 7.99. The first-order valence-corrected chi connectivity index (χ1v) is 7.00. The molecule has 1 aliphatic rings. The van der Waals surface area contributed by atoms with Crippen LogP contribution < -0.4 is 5.32 Å². The van der Waals surface area contributed by atoms with Gasteiger partial charge in [-0.05, 0) is 31.2 Å². The molecule has 1 N–H and O–H groups in total. The Morgan fingerprint density at radius 2 is 1.88 bits per heavy atom. The highest BCUT2D eigenvalue weighted by Crippen LogP contribution is 2.21. The summed E-state index contributed by atoms with van der Waals surface area (Å²) in [7, 11) is 0. The molecule has 3 nitrogen and oxygen atoms in total. The molecule has 100 valence electrons. The molecule has 0 aromatic rings. The summed E-state index contributed by atoms with van der Waals surface area (Å²) >= 11 is 0. The molecule has 1 amide bonds. The van der Waals surface area contributed by atoms with Crippen LogP contribution in [0.15, 0.2) is 0 Å². The van der Waals surface area contributed by atoms with Crippen molar-refractivity contribution in [3.63, 3.8) is 0 Å². The molecule has 1 aliphatic heterocycles. The van der Waals surface area contributed by atoms with Gasteiger partial charge in [0.05, 0.1) is 0 Å². The van der Waals surface area contributed by atoms with Crippen LogP contribution in [0.5, 0.6) is 0 Å². The third-order valence-corrected chi connectivity index (χ3v) is 3.34. The fourth-order valence-corrected chi connectivity index (χ4v) is 2.66. The van der Waals surface area contributed by atoms with Gasteiger partial charge in [-0.2, -0.15) is 0 Å². The average Bonchev–Trinajstić information content (AvgIpc) is 2.22. The lowest BCUT2D eigenvalue weighted by molar-refractivity contribution is -0.133. The highest BCUT2D eigenvalue weighted by Gasteiger charge is 2.24. The van der Waals surface area contributed by atoms with E-state index in [0.29, 0.717) is 30.2 Å². The topological polar surface area (TPSA) is 32.3 Å². The molecule has 0 radical (unpaired) electrons. The molecule has 3 heteroatoms. The van der Waals surface area contributed by atoms with Gasteiger partial charge in [0.25, 0.3) is 0 Å². The molecule has 1 fully saturated rings. The van der Waals surface area contributed by atoms with Crippen LogP contribution in [0.1, 0.15) is 47.0 Å². The summed E-state index contributed by atoms with van der Waals surface area (Å²) in [6, 6.07) is 0.514. The molecule has 0 aromatic heterocycles. The van der Waals surface area contributed by atoms with Crippen LogP contribution in [-0.2, 0) is 4.79 Å². The molecule has 1 saturated heterocycles. The third-order valence-electron chi connectivity index (χ3n) is 3.34. The van der Waals surface area contributed by atoms with Gasteiger partial charge in [0, 0.05) is 25.6 Å². The third kappa shape index (κ3) is 5.53. The van der Waals surface area contributed by atoms with E-state index in [0.717, 1.165) is 26.1 Å². The normalized spacial score (nSPS) is 25.4. The number of hydrogen-bond acceptors (Lipinski definition) is 2. The minimum atomic E-state index is 0.342. The quantitative estimate of drug-likeness (QED) is 0.748. The van der Waals surface area contributed by atoms with Crippen LogP contribution in [-0.4, -0.2) is 36.5 Å². The molecular formula is C14H28N2O. The maximum Gasteiger partial charge on any atom is 0.222 e. The number of hydrogen-bond donors (Lipinski definition) is 1. The Morgan fingerprint density at radius 1 is 1.29 bits per heavy atom. The van der Waals surface area contributed by atoms with Crippen LogP contribution in [0.3, 0.4) is 0 Å². The maximum absolute atomic E-state index is 12.0. The molecule has 17 heavy (non-hydrogen) atoms. The highest BCUT2D eigenvalue weighted by molar-refractivity contribution is 5.76. The summed E-state index contributed by atoms with van der Waals surface area (Å²) in [5.74, 6) is 1.67. The number of carbonyl (C=O) groups is 1. The van der Waals surface area contributed by atoms with Crippen LogP contribution in [0, 0.1) is 11.8 Å². The van der Waals surface area contributed by atoms with Crippen molar-refractivity contribution in [2.45, 2.75) is 53.0 Å². The second-order valence-corrected chi connectivity index (χ2v) is 5.96. The van der Waals surface area contributed by atoms with E-state index < -0.39 is 0 Å². The summed E-state index contributed by atoms with van der Waals surface area (Å²) in [5, 5.41) is 3.35.